The van der Waals surface area contributed by atoms with Gasteiger partial charge in [0.25, 0.3) is 0 Å². The second-order valence-corrected chi connectivity index (χ2v) is 10.0. The number of hydrogen-bond donors (Lipinski definition) is 13. The molecule has 0 radical (unpaired) electrons. The lowest BCUT2D eigenvalue weighted by atomic mass is 9.81. The predicted octanol–water partition coefficient (Wildman–Crippen LogP) is -8.37. The lowest BCUT2D eigenvalue weighted by Gasteiger charge is -2.45. The van der Waals surface area contributed by atoms with Gasteiger partial charge < -0.3 is 88.1 Å². The topological polar surface area (TPSA) is 340 Å². The molecule has 0 amide bonds. The highest BCUT2D eigenvalue weighted by atomic mass is 16.8. The van der Waals surface area contributed by atoms with Crippen LogP contribution in [0.5, 0.6) is 0 Å². The minimum atomic E-state index is -2.15. The number of aliphatic hydroxyl groups excluding tert-OH is 7. The Morgan fingerprint density at radius 3 is 1.95 bits per heavy atom. The molecular formula is C21H41N7O12. The van der Waals surface area contributed by atoms with Gasteiger partial charge in [-0.3, -0.25) is 0 Å². The van der Waals surface area contributed by atoms with Gasteiger partial charge in [-0.15, -0.1) is 0 Å². The third-order valence-corrected chi connectivity index (χ3v) is 7.49. The quantitative estimate of drug-likeness (QED) is 0.0884. The first-order valence-corrected chi connectivity index (χ1v) is 12.5. The van der Waals surface area contributed by atoms with Crippen LogP contribution >= 0.6 is 0 Å². The molecule has 40 heavy (non-hydrogen) atoms. The molecule has 0 spiro atoms. The molecule has 19 heteroatoms. The number of aliphatic hydroxyl groups is 8. The fraction of sp³-hybridized carbons (Fsp3) is 0.905. The first-order valence-electron chi connectivity index (χ1n) is 12.5. The van der Waals surface area contributed by atoms with Crippen LogP contribution in [0.15, 0.2) is 9.98 Å². The second-order valence-electron chi connectivity index (χ2n) is 10.0. The van der Waals surface area contributed by atoms with E-state index in [0.29, 0.717) is 0 Å². The Bertz CT molecular complexity index is 911. The van der Waals surface area contributed by atoms with E-state index in [2.05, 4.69) is 15.3 Å². The Kier molecular flexibility index (Phi) is 10.5. The van der Waals surface area contributed by atoms with Crippen LogP contribution in [-0.4, -0.2) is 164 Å². The Hall–Kier alpha value is -1.98. The van der Waals surface area contributed by atoms with Crippen LogP contribution in [0.1, 0.15) is 6.92 Å². The molecule has 0 bridgehead atoms. The molecule has 1 saturated carbocycles. The standard InChI is InChI=1S/C21H41N7O12/c1-5-21(36,4-30)16(40-17-9(26-2)13(34)10(31)6(3-29)38-17)18(37-5)39-15-8(28-20(24)25)11(32)7(27-19(22)23)12(33)14(15)35/h5-18,26,29-36H,3-4H2,1-2H3,(H4,22,23,27)(H4,24,25,28)/t5-,6?,7?,8?,9?,10?,11?,12?,13?,14?,15?,16?,17+,18-,21+/m0/s1. The highest BCUT2D eigenvalue weighted by molar-refractivity contribution is 5.76. The van der Waals surface area contributed by atoms with E-state index in [1.807, 2.05) is 0 Å². The van der Waals surface area contributed by atoms with Crippen LogP contribution < -0.4 is 28.3 Å². The zero-order valence-corrected chi connectivity index (χ0v) is 21.9. The van der Waals surface area contributed by atoms with Crippen LogP contribution in [0.25, 0.3) is 0 Å². The maximum absolute atomic E-state index is 11.3. The van der Waals surface area contributed by atoms with Crippen molar-refractivity contribution in [2.75, 3.05) is 20.3 Å². The molecule has 19 nitrogen and oxygen atoms in total. The third-order valence-electron chi connectivity index (χ3n) is 7.49. The molecule has 15 atom stereocenters. The molecular weight excluding hydrogens is 542 g/mol. The fourth-order valence-electron chi connectivity index (χ4n) is 5.17. The molecule has 0 aromatic heterocycles. The summed E-state index contributed by atoms with van der Waals surface area (Å²) in [7, 11) is 1.44. The summed E-state index contributed by atoms with van der Waals surface area (Å²) >= 11 is 0. The predicted molar refractivity (Wildman–Crippen MR) is 134 cm³/mol. The highest BCUT2D eigenvalue weighted by Gasteiger charge is 2.60. The van der Waals surface area contributed by atoms with Gasteiger partial charge in [0.05, 0.1) is 25.4 Å². The van der Waals surface area contributed by atoms with Gasteiger partial charge in [-0.05, 0) is 14.0 Å². The first-order chi connectivity index (χ1) is 18.7. The van der Waals surface area contributed by atoms with Crippen molar-refractivity contribution in [3.63, 3.8) is 0 Å². The maximum atomic E-state index is 11.3. The largest absolute Gasteiger partial charge is 0.394 e. The molecule has 3 fully saturated rings. The summed E-state index contributed by atoms with van der Waals surface area (Å²) in [6.45, 7) is -0.199. The van der Waals surface area contributed by atoms with Gasteiger partial charge in [-0.1, -0.05) is 0 Å². The van der Waals surface area contributed by atoms with E-state index in [1.54, 1.807) is 0 Å². The van der Waals surface area contributed by atoms with Gasteiger partial charge in [0.2, 0.25) is 0 Å². The van der Waals surface area contributed by atoms with Crippen LogP contribution in [0.4, 0.5) is 0 Å². The van der Waals surface area contributed by atoms with Crippen molar-refractivity contribution in [1.82, 2.24) is 5.32 Å². The second kappa shape index (κ2) is 12.9. The number of guanidine groups is 2. The summed E-state index contributed by atoms with van der Waals surface area (Å²) in [4.78, 5) is 7.66. The summed E-state index contributed by atoms with van der Waals surface area (Å²) in [6.07, 6.45) is -16.9. The molecule has 0 aromatic carbocycles. The molecule has 11 unspecified atom stereocenters. The lowest BCUT2D eigenvalue weighted by Crippen LogP contribution is -2.66. The summed E-state index contributed by atoms with van der Waals surface area (Å²) in [6, 6.07) is -4.00. The lowest BCUT2D eigenvalue weighted by molar-refractivity contribution is -0.317. The Morgan fingerprint density at radius 1 is 0.825 bits per heavy atom. The van der Waals surface area contributed by atoms with Crippen molar-refractivity contribution < 1.29 is 59.8 Å². The van der Waals surface area contributed by atoms with Crippen molar-refractivity contribution in [3.05, 3.63) is 0 Å². The van der Waals surface area contributed by atoms with Gasteiger partial charge in [0.1, 0.15) is 66.5 Å². The minimum Gasteiger partial charge on any atom is -0.394 e. The number of nitrogens with zero attached hydrogens (tertiary/aromatic N) is 2. The molecule has 3 rings (SSSR count). The molecule has 3 aliphatic rings. The van der Waals surface area contributed by atoms with Gasteiger partial charge >= 0.3 is 0 Å². The number of rotatable bonds is 9. The molecule has 0 aromatic rings. The van der Waals surface area contributed by atoms with E-state index in [0.717, 1.165) is 0 Å². The van der Waals surface area contributed by atoms with Crippen LogP contribution in [0.2, 0.25) is 0 Å². The number of nitrogens with two attached hydrogens (primary N) is 4. The highest BCUT2D eigenvalue weighted by Crippen LogP contribution is 2.39. The van der Waals surface area contributed by atoms with Gasteiger partial charge in [-0.2, -0.15) is 0 Å². The average Bonchev–Trinajstić information content (AvgIpc) is 3.13. The van der Waals surface area contributed by atoms with Gasteiger partial charge in [0, 0.05) is 0 Å². The smallest absolute Gasteiger partial charge is 0.187 e. The number of aliphatic imine (C=N–C) groups is 2. The zero-order valence-electron chi connectivity index (χ0n) is 21.9. The van der Waals surface area contributed by atoms with Crippen LogP contribution in [-0.2, 0) is 18.9 Å². The Morgan fingerprint density at radius 2 is 1.43 bits per heavy atom. The molecule has 17 N–H and O–H groups in total. The van der Waals surface area contributed by atoms with E-state index in [1.165, 1.54) is 14.0 Å². The molecule has 2 saturated heterocycles. The van der Waals surface area contributed by atoms with Crippen molar-refractivity contribution in [3.8, 4) is 0 Å². The number of ether oxygens (including phenoxy) is 4. The van der Waals surface area contributed by atoms with Crippen LogP contribution in [0, 0.1) is 0 Å². The number of likely N-dealkylation sites (N-methyl/N-ethyl adjacent to an activating group) is 1. The number of nitrogens with one attached hydrogen (secondary N) is 1. The summed E-state index contributed by atoms with van der Waals surface area (Å²) < 4.78 is 23.2. The number of hydrogen-bond acceptors (Lipinski definition) is 15. The normalized spacial score (nSPS) is 47.5. The van der Waals surface area contributed by atoms with Gasteiger partial charge in [0.15, 0.2) is 24.5 Å². The van der Waals surface area contributed by atoms with E-state index < -0.39 is 116 Å². The van der Waals surface area contributed by atoms with Crippen molar-refractivity contribution in [2.45, 2.75) is 98.2 Å². The van der Waals surface area contributed by atoms with Crippen LogP contribution in [0.3, 0.4) is 0 Å². The van der Waals surface area contributed by atoms with E-state index in [-0.39, 0.29) is 0 Å². The zero-order chi connectivity index (χ0) is 30.1. The molecule has 1 aliphatic carbocycles. The SMILES string of the molecule is CNC1C(O)C(O)C(CO)O[C@@H]1OC1[C@H](OC2C(O)C(O)C(N=C(N)N)C(O)C2N=C(N)N)O[C@@H](C)[C@]1(O)CO. The average molecular weight is 584 g/mol. The van der Waals surface area contributed by atoms with Gasteiger partial charge in [-0.25, -0.2) is 9.98 Å². The Labute approximate surface area is 229 Å². The van der Waals surface area contributed by atoms with Crippen molar-refractivity contribution in [2.24, 2.45) is 32.9 Å². The van der Waals surface area contributed by atoms with E-state index in [9.17, 15) is 40.9 Å². The Balaban J connectivity index is 1.96. The molecule has 2 aliphatic heterocycles. The van der Waals surface area contributed by atoms with E-state index in [4.69, 9.17) is 41.9 Å². The minimum absolute atomic E-state index is 0.493. The summed E-state index contributed by atoms with van der Waals surface area (Å²) in [5.74, 6) is -1.01. The maximum Gasteiger partial charge on any atom is 0.187 e. The molecule has 232 valence electrons. The van der Waals surface area contributed by atoms with Crippen molar-refractivity contribution in [1.29, 1.82) is 0 Å². The summed E-state index contributed by atoms with van der Waals surface area (Å²) in [5.41, 5.74) is 19.7. The fourth-order valence-corrected chi connectivity index (χ4v) is 5.17. The summed E-state index contributed by atoms with van der Waals surface area (Å²) in [5, 5.41) is 87.0. The van der Waals surface area contributed by atoms with Crippen molar-refractivity contribution >= 4 is 11.9 Å². The molecule has 2 heterocycles. The first kappa shape index (κ1) is 32.5. The third kappa shape index (κ3) is 6.11. The monoisotopic (exact) mass is 583 g/mol. The van der Waals surface area contributed by atoms with E-state index >= 15 is 0 Å².